The zero-order valence-electron chi connectivity index (χ0n) is 13.6. The molecule has 0 radical (unpaired) electrons. The number of anilines is 1. The third-order valence-electron chi connectivity index (χ3n) is 4.19. The number of hydrogen-bond donors (Lipinski definition) is 1. The number of rotatable bonds is 5. The van der Waals surface area contributed by atoms with Gasteiger partial charge in [-0.15, -0.1) is 11.3 Å². The molecule has 0 fully saturated rings. The van der Waals surface area contributed by atoms with Crippen LogP contribution in [0.1, 0.15) is 12.8 Å². The number of amides is 1. The molecule has 1 aliphatic rings. The number of benzene rings is 1. The first-order chi connectivity index (χ1) is 12.1. The summed E-state index contributed by atoms with van der Waals surface area (Å²) in [5.41, 5.74) is 1.65. The molecule has 0 aliphatic heterocycles. The molecule has 2 aromatic rings. The standard InChI is InChI=1S/C18H18N2O4S/c1-24-12-8-6-11(7-9-12)15-10-25-18(19-15)20-16(21)13-4-2-3-5-14(13)17(22)23/h2-3,6-10,13-14H,4-5H2,1H3,(H,22,23)(H,19,20,21)/p-1/t13-,14-/m0/s1. The number of aromatic nitrogens is 1. The lowest BCUT2D eigenvalue weighted by molar-refractivity contribution is -0.313. The van der Waals surface area contributed by atoms with E-state index in [0.29, 0.717) is 18.0 Å². The van der Waals surface area contributed by atoms with E-state index < -0.39 is 17.8 Å². The van der Waals surface area contributed by atoms with E-state index in [1.807, 2.05) is 35.7 Å². The number of methoxy groups -OCH3 is 1. The Hall–Kier alpha value is -2.67. The van der Waals surface area contributed by atoms with Crippen molar-refractivity contribution < 1.29 is 19.4 Å². The summed E-state index contributed by atoms with van der Waals surface area (Å²) in [6.45, 7) is 0. The lowest BCUT2D eigenvalue weighted by Crippen LogP contribution is -2.41. The predicted octanol–water partition coefficient (Wildman–Crippen LogP) is 2.09. The minimum atomic E-state index is -1.19. The highest BCUT2D eigenvalue weighted by atomic mass is 32.1. The molecular formula is C18H17N2O4S-. The van der Waals surface area contributed by atoms with Gasteiger partial charge in [-0.05, 0) is 37.1 Å². The van der Waals surface area contributed by atoms with Gasteiger partial charge < -0.3 is 20.0 Å². The van der Waals surface area contributed by atoms with Gasteiger partial charge in [-0.2, -0.15) is 0 Å². The summed E-state index contributed by atoms with van der Waals surface area (Å²) in [7, 11) is 1.60. The SMILES string of the molecule is COc1ccc(-c2csc(NC(=O)[C@H]3CC=CC[C@@H]3C(=O)[O-])n2)cc1. The van der Waals surface area contributed by atoms with Crippen LogP contribution in [0.15, 0.2) is 41.8 Å². The number of carbonyl (C=O) groups excluding carboxylic acids is 2. The average Bonchev–Trinajstić information content (AvgIpc) is 3.10. The van der Waals surface area contributed by atoms with Crippen LogP contribution in [-0.4, -0.2) is 24.0 Å². The highest BCUT2D eigenvalue weighted by molar-refractivity contribution is 7.14. The van der Waals surface area contributed by atoms with Gasteiger partial charge in [0.2, 0.25) is 5.91 Å². The van der Waals surface area contributed by atoms with Gasteiger partial charge in [-0.3, -0.25) is 4.79 Å². The van der Waals surface area contributed by atoms with E-state index >= 15 is 0 Å². The zero-order valence-corrected chi connectivity index (χ0v) is 14.4. The minimum absolute atomic E-state index is 0.315. The van der Waals surface area contributed by atoms with E-state index in [1.165, 1.54) is 11.3 Å². The Bertz CT molecular complexity index is 798. The number of aliphatic carboxylic acids is 1. The molecule has 1 aromatic heterocycles. The molecule has 0 spiro atoms. The van der Waals surface area contributed by atoms with E-state index in [9.17, 15) is 14.7 Å². The topological polar surface area (TPSA) is 91.3 Å². The second-order valence-corrected chi connectivity index (χ2v) is 6.59. The minimum Gasteiger partial charge on any atom is -0.550 e. The number of allylic oxidation sites excluding steroid dienone is 2. The van der Waals surface area contributed by atoms with Crippen LogP contribution >= 0.6 is 11.3 Å². The summed E-state index contributed by atoms with van der Waals surface area (Å²) in [5.74, 6) is -2.21. The molecule has 1 aromatic carbocycles. The van der Waals surface area contributed by atoms with Crippen LogP contribution < -0.4 is 15.2 Å². The normalized spacial score (nSPS) is 19.4. The second kappa shape index (κ2) is 7.48. The third kappa shape index (κ3) is 3.88. The molecule has 7 heteroatoms. The first kappa shape index (κ1) is 17.2. The van der Waals surface area contributed by atoms with E-state index in [2.05, 4.69) is 10.3 Å². The van der Waals surface area contributed by atoms with E-state index in [4.69, 9.17) is 4.74 Å². The van der Waals surface area contributed by atoms with Gasteiger partial charge >= 0.3 is 0 Å². The molecule has 2 atom stereocenters. The van der Waals surface area contributed by atoms with Crippen molar-refractivity contribution in [1.29, 1.82) is 0 Å². The van der Waals surface area contributed by atoms with Crippen molar-refractivity contribution in [1.82, 2.24) is 4.98 Å². The van der Waals surface area contributed by atoms with Crippen LogP contribution in [0.25, 0.3) is 11.3 Å². The summed E-state index contributed by atoms with van der Waals surface area (Å²) in [6, 6.07) is 7.45. The Morgan fingerprint density at radius 2 is 1.88 bits per heavy atom. The second-order valence-electron chi connectivity index (χ2n) is 5.73. The summed E-state index contributed by atoms with van der Waals surface area (Å²) in [6.07, 6.45) is 4.31. The number of hydrogen-bond acceptors (Lipinski definition) is 6. The molecule has 1 N–H and O–H groups in total. The Morgan fingerprint density at radius 1 is 1.20 bits per heavy atom. The number of nitrogens with zero attached hydrogens (tertiary/aromatic N) is 1. The Kier molecular flexibility index (Phi) is 5.14. The smallest absolute Gasteiger partial charge is 0.230 e. The van der Waals surface area contributed by atoms with E-state index in [-0.39, 0.29) is 5.91 Å². The van der Waals surface area contributed by atoms with Crippen LogP contribution in [0.3, 0.4) is 0 Å². The zero-order chi connectivity index (χ0) is 17.8. The summed E-state index contributed by atoms with van der Waals surface area (Å²) in [4.78, 5) is 28.0. The molecule has 0 bridgehead atoms. The Balaban J connectivity index is 1.71. The van der Waals surface area contributed by atoms with Crippen LogP contribution in [0.4, 0.5) is 5.13 Å². The quantitative estimate of drug-likeness (QED) is 0.828. The third-order valence-corrected chi connectivity index (χ3v) is 4.95. The first-order valence-electron chi connectivity index (χ1n) is 7.85. The molecule has 6 nitrogen and oxygen atoms in total. The summed E-state index contributed by atoms with van der Waals surface area (Å²) in [5, 5.41) is 16.2. The maximum absolute atomic E-state index is 12.4. The maximum Gasteiger partial charge on any atom is 0.230 e. The molecule has 1 amide bonds. The molecule has 25 heavy (non-hydrogen) atoms. The monoisotopic (exact) mass is 357 g/mol. The Morgan fingerprint density at radius 3 is 2.52 bits per heavy atom. The number of carbonyl (C=O) groups is 2. The van der Waals surface area contributed by atoms with Crippen LogP contribution in [0.5, 0.6) is 5.75 Å². The van der Waals surface area contributed by atoms with Crippen molar-refractivity contribution in [2.24, 2.45) is 11.8 Å². The fraction of sp³-hybridized carbons (Fsp3) is 0.278. The van der Waals surface area contributed by atoms with Crippen LogP contribution in [0, 0.1) is 11.8 Å². The van der Waals surface area contributed by atoms with Crippen molar-refractivity contribution in [3.63, 3.8) is 0 Å². The van der Waals surface area contributed by atoms with Crippen LogP contribution in [-0.2, 0) is 9.59 Å². The largest absolute Gasteiger partial charge is 0.550 e. The highest BCUT2D eigenvalue weighted by Gasteiger charge is 2.30. The van der Waals surface area contributed by atoms with Crippen LogP contribution in [0.2, 0.25) is 0 Å². The highest BCUT2D eigenvalue weighted by Crippen LogP contribution is 2.29. The average molecular weight is 357 g/mol. The molecule has 1 aliphatic carbocycles. The molecule has 0 unspecified atom stereocenters. The van der Waals surface area contributed by atoms with Gasteiger partial charge in [-0.1, -0.05) is 12.2 Å². The molecule has 0 saturated carbocycles. The molecule has 130 valence electrons. The van der Waals surface area contributed by atoms with Crippen molar-refractivity contribution >= 4 is 28.3 Å². The van der Waals surface area contributed by atoms with Crippen molar-refractivity contribution in [2.45, 2.75) is 12.8 Å². The molecule has 1 heterocycles. The lowest BCUT2D eigenvalue weighted by Gasteiger charge is -2.27. The predicted molar refractivity (Wildman–Crippen MR) is 93.1 cm³/mol. The summed E-state index contributed by atoms with van der Waals surface area (Å²) < 4.78 is 5.13. The number of ether oxygens (including phenoxy) is 1. The fourth-order valence-electron chi connectivity index (χ4n) is 2.79. The van der Waals surface area contributed by atoms with Gasteiger partial charge in [0.25, 0.3) is 0 Å². The number of carboxylic acid groups (broad SMARTS) is 1. The van der Waals surface area contributed by atoms with E-state index in [1.54, 1.807) is 13.2 Å². The van der Waals surface area contributed by atoms with Gasteiger partial charge in [0.15, 0.2) is 5.13 Å². The number of carboxylic acids is 1. The van der Waals surface area contributed by atoms with Crippen molar-refractivity contribution in [3.05, 3.63) is 41.8 Å². The maximum atomic E-state index is 12.4. The number of thiazole rings is 1. The fourth-order valence-corrected chi connectivity index (χ4v) is 3.51. The molecule has 0 saturated heterocycles. The van der Waals surface area contributed by atoms with Gasteiger partial charge in [0.1, 0.15) is 5.75 Å². The molecule has 3 rings (SSSR count). The van der Waals surface area contributed by atoms with Gasteiger partial charge in [0, 0.05) is 22.8 Å². The first-order valence-corrected chi connectivity index (χ1v) is 8.73. The van der Waals surface area contributed by atoms with Crippen molar-refractivity contribution in [3.8, 4) is 17.0 Å². The number of nitrogens with one attached hydrogen (secondary N) is 1. The van der Waals surface area contributed by atoms with Gasteiger partial charge in [0.05, 0.1) is 18.7 Å². The lowest BCUT2D eigenvalue weighted by atomic mass is 9.82. The van der Waals surface area contributed by atoms with Gasteiger partial charge in [-0.25, -0.2) is 4.98 Å². The summed E-state index contributed by atoms with van der Waals surface area (Å²) >= 11 is 1.30. The van der Waals surface area contributed by atoms with Crippen molar-refractivity contribution in [2.75, 3.05) is 12.4 Å². The Labute approximate surface area is 149 Å². The molecular weight excluding hydrogens is 340 g/mol. The van der Waals surface area contributed by atoms with E-state index in [0.717, 1.165) is 17.0 Å².